The van der Waals surface area contributed by atoms with Crippen molar-refractivity contribution < 1.29 is 14.0 Å². The first-order valence-corrected chi connectivity index (χ1v) is 8.51. The molecule has 0 saturated carbocycles. The van der Waals surface area contributed by atoms with Gasteiger partial charge in [-0.05, 0) is 24.1 Å². The first kappa shape index (κ1) is 18.4. The molecule has 1 fully saturated rings. The van der Waals surface area contributed by atoms with Crippen LogP contribution in [-0.4, -0.2) is 54.3 Å². The zero-order chi connectivity index (χ0) is 17.5. The summed E-state index contributed by atoms with van der Waals surface area (Å²) in [4.78, 5) is 28.3. The molecular formula is C18H26FN3O2. The molecule has 1 atom stereocenters. The molecule has 1 aliphatic rings. The standard InChI is InChI=1S/C18H26FN3O2/c1-3-4-9-21(2)17(23)12-16-18(24)20-8-10-22(16)13-14-6-5-7-15(19)11-14/h5-7,11,16H,3-4,8-10,12-13H2,1-2H3,(H,20,24)/t16-/m1/s1. The summed E-state index contributed by atoms with van der Waals surface area (Å²) in [5.41, 5.74) is 0.807. The summed E-state index contributed by atoms with van der Waals surface area (Å²) in [6.45, 7) is 4.44. The second-order valence-corrected chi connectivity index (χ2v) is 6.28. The van der Waals surface area contributed by atoms with E-state index in [4.69, 9.17) is 0 Å². The molecule has 6 heteroatoms. The number of carbonyl (C=O) groups excluding carboxylic acids is 2. The highest BCUT2D eigenvalue weighted by Crippen LogP contribution is 2.15. The summed E-state index contributed by atoms with van der Waals surface area (Å²) < 4.78 is 13.4. The van der Waals surface area contributed by atoms with Gasteiger partial charge in [0.2, 0.25) is 11.8 Å². The zero-order valence-electron chi connectivity index (χ0n) is 14.4. The van der Waals surface area contributed by atoms with Gasteiger partial charge in [-0.25, -0.2) is 4.39 Å². The van der Waals surface area contributed by atoms with Crippen molar-refractivity contribution in [2.75, 3.05) is 26.7 Å². The van der Waals surface area contributed by atoms with Gasteiger partial charge < -0.3 is 10.2 Å². The summed E-state index contributed by atoms with van der Waals surface area (Å²) in [7, 11) is 1.77. The maximum Gasteiger partial charge on any atom is 0.237 e. The Morgan fingerprint density at radius 1 is 1.46 bits per heavy atom. The van der Waals surface area contributed by atoms with Crippen LogP contribution in [0.1, 0.15) is 31.7 Å². The molecule has 0 unspecified atom stereocenters. The Bertz CT molecular complexity index is 579. The summed E-state index contributed by atoms with van der Waals surface area (Å²) in [5.74, 6) is -0.453. The lowest BCUT2D eigenvalue weighted by atomic mass is 10.1. The van der Waals surface area contributed by atoms with Crippen molar-refractivity contribution in [2.45, 2.75) is 38.8 Å². The third-order valence-corrected chi connectivity index (χ3v) is 4.36. The third kappa shape index (κ3) is 5.03. The number of piperazine rings is 1. The summed E-state index contributed by atoms with van der Waals surface area (Å²) in [5, 5.41) is 2.82. The molecule has 0 bridgehead atoms. The summed E-state index contributed by atoms with van der Waals surface area (Å²) >= 11 is 0. The van der Waals surface area contributed by atoms with Gasteiger partial charge in [0.15, 0.2) is 0 Å². The Labute approximate surface area is 142 Å². The highest BCUT2D eigenvalue weighted by molar-refractivity contribution is 5.88. The predicted octanol–water partition coefficient (Wildman–Crippen LogP) is 1.77. The first-order chi connectivity index (χ1) is 11.5. The molecule has 2 amide bonds. The van der Waals surface area contributed by atoms with Gasteiger partial charge in [0.05, 0.1) is 12.5 Å². The molecule has 132 valence electrons. The van der Waals surface area contributed by atoms with Crippen LogP contribution in [0, 0.1) is 5.82 Å². The van der Waals surface area contributed by atoms with Crippen LogP contribution in [0.25, 0.3) is 0 Å². The van der Waals surface area contributed by atoms with Gasteiger partial charge in [-0.1, -0.05) is 25.5 Å². The van der Waals surface area contributed by atoms with Gasteiger partial charge in [-0.3, -0.25) is 14.5 Å². The summed E-state index contributed by atoms with van der Waals surface area (Å²) in [6.07, 6.45) is 2.13. The number of nitrogens with zero attached hydrogens (tertiary/aromatic N) is 2. The third-order valence-electron chi connectivity index (χ3n) is 4.36. The van der Waals surface area contributed by atoms with Crippen molar-refractivity contribution in [3.05, 3.63) is 35.6 Å². The lowest BCUT2D eigenvalue weighted by Crippen LogP contribution is -2.56. The van der Waals surface area contributed by atoms with Crippen molar-refractivity contribution in [3.8, 4) is 0 Å². The molecule has 1 aromatic carbocycles. The Morgan fingerprint density at radius 2 is 2.25 bits per heavy atom. The number of amides is 2. The Morgan fingerprint density at radius 3 is 2.96 bits per heavy atom. The Kier molecular flexibility index (Phi) is 6.73. The minimum absolute atomic E-state index is 0.0326. The molecular weight excluding hydrogens is 309 g/mol. The lowest BCUT2D eigenvalue weighted by molar-refractivity contribution is -0.138. The highest BCUT2D eigenvalue weighted by Gasteiger charge is 2.32. The van der Waals surface area contributed by atoms with E-state index in [0.29, 0.717) is 26.2 Å². The normalized spacial score (nSPS) is 18.3. The molecule has 1 heterocycles. The average molecular weight is 335 g/mol. The van der Waals surface area contributed by atoms with Crippen LogP contribution in [0.5, 0.6) is 0 Å². The van der Waals surface area contributed by atoms with Gasteiger partial charge in [0.25, 0.3) is 0 Å². The van der Waals surface area contributed by atoms with Crippen LogP contribution < -0.4 is 5.32 Å². The van der Waals surface area contributed by atoms with E-state index >= 15 is 0 Å². The van der Waals surface area contributed by atoms with E-state index in [9.17, 15) is 14.0 Å². The maximum atomic E-state index is 13.4. The van der Waals surface area contributed by atoms with Crippen LogP contribution in [0.3, 0.4) is 0 Å². The van der Waals surface area contributed by atoms with E-state index in [1.807, 2.05) is 11.0 Å². The van der Waals surface area contributed by atoms with Crippen molar-refractivity contribution in [3.63, 3.8) is 0 Å². The number of nitrogens with one attached hydrogen (secondary N) is 1. The largest absolute Gasteiger partial charge is 0.353 e. The SMILES string of the molecule is CCCCN(C)C(=O)C[C@@H]1C(=O)NCCN1Cc1cccc(F)c1. The van der Waals surface area contributed by atoms with Gasteiger partial charge in [-0.15, -0.1) is 0 Å². The number of benzene rings is 1. The van der Waals surface area contributed by atoms with E-state index in [1.54, 1.807) is 18.0 Å². The quantitative estimate of drug-likeness (QED) is 0.826. The number of hydrogen-bond acceptors (Lipinski definition) is 3. The second kappa shape index (κ2) is 8.78. The van der Waals surface area contributed by atoms with E-state index in [0.717, 1.165) is 18.4 Å². The van der Waals surface area contributed by atoms with Crippen LogP contribution >= 0.6 is 0 Å². The molecule has 0 radical (unpaired) electrons. The van der Waals surface area contributed by atoms with Gasteiger partial charge >= 0.3 is 0 Å². The minimum Gasteiger partial charge on any atom is -0.353 e. The van der Waals surface area contributed by atoms with Crippen LogP contribution in [0.4, 0.5) is 4.39 Å². The van der Waals surface area contributed by atoms with E-state index in [-0.39, 0.29) is 24.1 Å². The molecule has 0 aromatic heterocycles. The molecule has 24 heavy (non-hydrogen) atoms. The molecule has 2 rings (SSSR count). The number of carbonyl (C=O) groups is 2. The van der Waals surface area contributed by atoms with Gasteiger partial charge in [-0.2, -0.15) is 0 Å². The smallest absolute Gasteiger partial charge is 0.237 e. The Balaban J connectivity index is 2.03. The van der Waals surface area contributed by atoms with Crippen molar-refractivity contribution >= 4 is 11.8 Å². The number of halogens is 1. The van der Waals surface area contributed by atoms with Gasteiger partial charge in [0.1, 0.15) is 5.82 Å². The van der Waals surface area contributed by atoms with E-state index in [2.05, 4.69) is 12.2 Å². The molecule has 0 aliphatic carbocycles. The van der Waals surface area contributed by atoms with Crippen molar-refractivity contribution in [1.82, 2.24) is 15.1 Å². The second-order valence-electron chi connectivity index (χ2n) is 6.28. The lowest BCUT2D eigenvalue weighted by Gasteiger charge is -2.35. The van der Waals surface area contributed by atoms with E-state index in [1.165, 1.54) is 12.1 Å². The average Bonchev–Trinajstić information content (AvgIpc) is 2.55. The van der Waals surface area contributed by atoms with Crippen molar-refractivity contribution in [2.24, 2.45) is 0 Å². The number of unbranched alkanes of at least 4 members (excludes halogenated alkanes) is 1. The topological polar surface area (TPSA) is 52.7 Å². The fourth-order valence-corrected chi connectivity index (χ4v) is 2.88. The monoisotopic (exact) mass is 335 g/mol. The van der Waals surface area contributed by atoms with Crippen LogP contribution in [0.2, 0.25) is 0 Å². The van der Waals surface area contributed by atoms with E-state index < -0.39 is 6.04 Å². The predicted molar refractivity (Wildman–Crippen MR) is 90.8 cm³/mol. The molecule has 5 nitrogen and oxygen atoms in total. The molecule has 0 spiro atoms. The first-order valence-electron chi connectivity index (χ1n) is 8.51. The van der Waals surface area contributed by atoms with Crippen LogP contribution in [-0.2, 0) is 16.1 Å². The fourth-order valence-electron chi connectivity index (χ4n) is 2.88. The fraction of sp³-hybridized carbons (Fsp3) is 0.556. The maximum absolute atomic E-state index is 13.4. The minimum atomic E-state index is -0.501. The number of rotatable bonds is 7. The highest BCUT2D eigenvalue weighted by atomic mass is 19.1. The molecule has 1 aromatic rings. The Hall–Kier alpha value is -1.95. The van der Waals surface area contributed by atoms with Crippen LogP contribution in [0.15, 0.2) is 24.3 Å². The van der Waals surface area contributed by atoms with Crippen molar-refractivity contribution in [1.29, 1.82) is 0 Å². The number of hydrogen-bond donors (Lipinski definition) is 1. The zero-order valence-corrected chi connectivity index (χ0v) is 14.4. The molecule has 1 saturated heterocycles. The summed E-state index contributed by atoms with van der Waals surface area (Å²) in [6, 6.07) is 5.86. The van der Waals surface area contributed by atoms with Gasteiger partial charge in [0, 0.05) is 33.2 Å². The molecule has 1 N–H and O–H groups in total. The molecule has 1 aliphatic heterocycles.